The summed E-state index contributed by atoms with van der Waals surface area (Å²) in [4.78, 5) is 11.7. The SMILES string of the molecule is COC(OC)C(=O)c1cccc(Br)c1. The number of carbonyl (C=O) groups is 1. The van der Waals surface area contributed by atoms with Gasteiger partial charge in [0.1, 0.15) is 0 Å². The van der Waals surface area contributed by atoms with E-state index in [1.54, 1.807) is 18.2 Å². The summed E-state index contributed by atoms with van der Waals surface area (Å²) in [5, 5.41) is 0. The summed E-state index contributed by atoms with van der Waals surface area (Å²) in [6, 6.07) is 7.09. The first-order valence-corrected chi connectivity index (χ1v) is 4.83. The van der Waals surface area contributed by atoms with E-state index in [4.69, 9.17) is 9.47 Å². The molecule has 0 amide bonds. The Hall–Kier alpha value is -0.710. The highest BCUT2D eigenvalue weighted by Gasteiger charge is 2.18. The van der Waals surface area contributed by atoms with E-state index >= 15 is 0 Å². The molecule has 0 saturated carbocycles. The van der Waals surface area contributed by atoms with Gasteiger partial charge in [-0.05, 0) is 12.1 Å². The average molecular weight is 259 g/mol. The minimum absolute atomic E-state index is 0.184. The van der Waals surface area contributed by atoms with E-state index in [1.807, 2.05) is 6.07 Å². The number of ether oxygens (including phenoxy) is 2. The molecule has 1 aromatic rings. The Balaban J connectivity index is 2.88. The van der Waals surface area contributed by atoms with Crippen LogP contribution in [-0.2, 0) is 9.47 Å². The van der Waals surface area contributed by atoms with Crippen molar-refractivity contribution in [2.45, 2.75) is 6.29 Å². The fourth-order valence-corrected chi connectivity index (χ4v) is 1.49. The third-order valence-electron chi connectivity index (χ3n) is 1.75. The van der Waals surface area contributed by atoms with Gasteiger partial charge in [0.15, 0.2) is 0 Å². The molecule has 0 aliphatic rings. The molecule has 3 nitrogen and oxygen atoms in total. The number of halogens is 1. The number of hydrogen-bond donors (Lipinski definition) is 0. The van der Waals surface area contributed by atoms with Crippen molar-refractivity contribution >= 4 is 21.7 Å². The molecule has 0 fully saturated rings. The highest BCUT2D eigenvalue weighted by molar-refractivity contribution is 9.10. The lowest BCUT2D eigenvalue weighted by Crippen LogP contribution is -2.24. The summed E-state index contributed by atoms with van der Waals surface area (Å²) >= 11 is 3.29. The lowest BCUT2D eigenvalue weighted by atomic mass is 10.1. The van der Waals surface area contributed by atoms with Gasteiger partial charge in [0.05, 0.1) is 0 Å². The first-order chi connectivity index (χ1) is 6.69. The quantitative estimate of drug-likeness (QED) is 0.614. The van der Waals surface area contributed by atoms with Crippen molar-refractivity contribution in [1.82, 2.24) is 0 Å². The summed E-state index contributed by atoms with van der Waals surface area (Å²) in [7, 11) is 2.87. The molecule has 76 valence electrons. The molecule has 1 aromatic carbocycles. The Morgan fingerprint density at radius 3 is 2.50 bits per heavy atom. The van der Waals surface area contributed by atoms with E-state index in [9.17, 15) is 4.79 Å². The zero-order chi connectivity index (χ0) is 10.6. The Bertz CT molecular complexity index is 321. The number of Topliss-reactive ketones (excluding diaryl/α,β-unsaturated/α-hetero) is 1. The van der Waals surface area contributed by atoms with E-state index in [0.29, 0.717) is 5.56 Å². The fourth-order valence-electron chi connectivity index (χ4n) is 1.09. The van der Waals surface area contributed by atoms with E-state index in [0.717, 1.165) is 4.47 Å². The predicted octanol–water partition coefficient (Wildman–Crippen LogP) is 2.25. The van der Waals surface area contributed by atoms with Crippen molar-refractivity contribution in [3.8, 4) is 0 Å². The minimum Gasteiger partial charge on any atom is -0.349 e. The summed E-state index contributed by atoms with van der Waals surface area (Å²) < 4.78 is 10.6. The van der Waals surface area contributed by atoms with Gasteiger partial charge in [-0.15, -0.1) is 0 Å². The largest absolute Gasteiger partial charge is 0.349 e. The molecule has 0 N–H and O–H groups in total. The van der Waals surface area contributed by atoms with E-state index in [1.165, 1.54) is 14.2 Å². The van der Waals surface area contributed by atoms with Gasteiger partial charge >= 0.3 is 0 Å². The Morgan fingerprint density at radius 2 is 2.00 bits per heavy atom. The van der Waals surface area contributed by atoms with Gasteiger partial charge < -0.3 is 9.47 Å². The maximum Gasteiger partial charge on any atom is 0.222 e. The van der Waals surface area contributed by atoms with Crippen LogP contribution in [-0.4, -0.2) is 26.3 Å². The molecule has 0 bridgehead atoms. The molecule has 0 saturated heterocycles. The molecule has 0 atom stereocenters. The van der Waals surface area contributed by atoms with Crippen LogP contribution >= 0.6 is 15.9 Å². The minimum atomic E-state index is -0.829. The predicted molar refractivity (Wildman–Crippen MR) is 56.3 cm³/mol. The van der Waals surface area contributed by atoms with Crippen LogP contribution in [0.15, 0.2) is 28.7 Å². The molecule has 0 aromatic heterocycles. The normalized spacial score (nSPS) is 10.6. The zero-order valence-corrected chi connectivity index (χ0v) is 9.58. The van der Waals surface area contributed by atoms with Crippen LogP contribution in [0.2, 0.25) is 0 Å². The summed E-state index contributed by atoms with van der Waals surface area (Å²) in [6.07, 6.45) is -0.829. The number of ketones is 1. The van der Waals surface area contributed by atoms with Crippen molar-refractivity contribution in [1.29, 1.82) is 0 Å². The maximum absolute atomic E-state index is 11.7. The maximum atomic E-state index is 11.7. The molecule has 4 heteroatoms. The van der Waals surface area contributed by atoms with E-state index < -0.39 is 6.29 Å². The molecule has 0 unspecified atom stereocenters. The molecule has 14 heavy (non-hydrogen) atoms. The van der Waals surface area contributed by atoms with Gasteiger partial charge in [0, 0.05) is 24.3 Å². The standard InChI is InChI=1S/C10H11BrO3/c1-13-10(14-2)9(12)7-4-3-5-8(11)6-7/h3-6,10H,1-2H3. The topological polar surface area (TPSA) is 35.5 Å². The molecule has 0 heterocycles. The second kappa shape index (κ2) is 5.24. The van der Waals surface area contributed by atoms with Gasteiger partial charge in [-0.2, -0.15) is 0 Å². The summed E-state index contributed by atoms with van der Waals surface area (Å²) in [5.41, 5.74) is 0.563. The van der Waals surface area contributed by atoms with Crippen molar-refractivity contribution in [3.05, 3.63) is 34.3 Å². The molecular weight excluding hydrogens is 248 g/mol. The van der Waals surface area contributed by atoms with Crippen LogP contribution in [0.5, 0.6) is 0 Å². The molecule has 0 aliphatic carbocycles. The van der Waals surface area contributed by atoms with Crippen molar-refractivity contribution < 1.29 is 14.3 Å². The Morgan fingerprint density at radius 1 is 1.36 bits per heavy atom. The van der Waals surface area contributed by atoms with Crippen LogP contribution in [0.1, 0.15) is 10.4 Å². The molecule has 0 spiro atoms. The van der Waals surface area contributed by atoms with E-state index in [-0.39, 0.29) is 5.78 Å². The number of hydrogen-bond acceptors (Lipinski definition) is 3. The van der Waals surface area contributed by atoms with E-state index in [2.05, 4.69) is 15.9 Å². The monoisotopic (exact) mass is 258 g/mol. The first kappa shape index (κ1) is 11.4. The third kappa shape index (κ3) is 2.64. The fraction of sp³-hybridized carbons (Fsp3) is 0.300. The molecule has 1 rings (SSSR count). The third-order valence-corrected chi connectivity index (χ3v) is 2.24. The van der Waals surface area contributed by atoms with Crippen molar-refractivity contribution in [2.75, 3.05) is 14.2 Å². The van der Waals surface area contributed by atoms with Crippen molar-refractivity contribution in [2.24, 2.45) is 0 Å². The second-order valence-corrected chi connectivity index (χ2v) is 3.59. The molecular formula is C10H11BrO3. The lowest BCUT2D eigenvalue weighted by Gasteiger charge is -2.11. The van der Waals surface area contributed by atoms with Gasteiger partial charge in [0.2, 0.25) is 12.1 Å². The Kier molecular flexibility index (Phi) is 4.25. The highest BCUT2D eigenvalue weighted by atomic mass is 79.9. The summed E-state index contributed by atoms with van der Waals surface area (Å²) in [6.45, 7) is 0. The second-order valence-electron chi connectivity index (χ2n) is 2.68. The molecule has 0 radical (unpaired) electrons. The van der Waals surface area contributed by atoms with Crippen LogP contribution in [0.4, 0.5) is 0 Å². The van der Waals surface area contributed by atoms with Crippen LogP contribution in [0.25, 0.3) is 0 Å². The highest BCUT2D eigenvalue weighted by Crippen LogP contribution is 2.14. The number of methoxy groups -OCH3 is 2. The van der Waals surface area contributed by atoms with Crippen LogP contribution in [0.3, 0.4) is 0 Å². The number of benzene rings is 1. The first-order valence-electron chi connectivity index (χ1n) is 4.04. The average Bonchev–Trinajstić information content (AvgIpc) is 2.19. The smallest absolute Gasteiger partial charge is 0.222 e. The lowest BCUT2D eigenvalue weighted by molar-refractivity contribution is -0.0742. The van der Waals surface area contributed by atoms with Gasteiger partial charge in [-0.1, -0.05) is 28.1 Å². The number of rotatable bonds is 4. The van der Waals surface area contributed by atoms with Gasteiger partial charge in [-0.3, -0.25) is 4.79 Å². The molecule has 0 aliphatic heterocycles. The summed E-state index contributed by atoms with van der Waals surface area (Å²) in [5.74, 6) is -0.184. The Labute approximate surface area is 91.1 Å². The number of carbonyl (C=O) groups excluding carboxylic acids is 1. The van der Waals surface area contributed by atoms with Gasteiger partial charge in [-0.25, -0.2) is 0 Å². The van der Waals surface area contributed by atoms with Gasteiger partial charge in [0.25, 0.3) is 0 Å². The van der Waals surface area contributed by atoms with Crippen LogP contribution < -0.4 is 0 Å². The zero-order valence-electron chi connectivity index (χ0n) is 7.99. The van der Waals surface area contributed by atoms with Crippen LogP contribution in [0, 0.1) is 0 Å². The van der Waals surface area contributed by atoms with Crippen molar-refractivity contribution in [3.63, 3.8) is 0 Å².